The Hall–Kier alpha value is -2.35. The summed E-state index contributed by atoms with van der Waals surface area (Å²) in [5, 5.41) is 11.4. The summed E-state index contributed by atoms with van der Waals surface area (Å²) in [4.78, 5) is 0. The summed E-state index contributed by atoms with van der Waals surface area (Å²) >= 11 is 0. The largest absolute Gasteiger partial charge is 0.497 e. The van der Waals surface area contributed by atoms with E-state index < -0.39 is 6.10 Å². The van der Waals surface area contributed by atoms with Crippen molar-refractivity contribution >= 4 is 13.9 Å². The first-order valence-electron chi connectivity index (χ1n) is 10.8. The van der Waals surface area contributed by atoms with Gasteiger partial charge in [0.05, 0.1) is 13.2 Å². The Morgan fingerprint density at radius 2 is 1.77 bits per heavy atom. The fourth-order valence-corrected chi connectivity index (χ4v) is 5.41. The van der Waals surface area contributed by atoms with E-state index in [9.17, 15) is 5.11 Å². The van der Waals surface area contributed by atoms with E-state index in [0.717, 1.165) is 40.2 Å². The third-order valence-electron chi connectivity index (χ3n) is 5.79. The molecule has 0 amide bonds. The molecule has 0 aliphatic heterocycles. The minimum absolute atomic E-state index is 0.153. The quantitative estimate of drug-likeness (QED) is 0.402. The Labute approximate surface area is 188 Å². The number of aryl methyl sites for hydroxylation is 1. The number of aliphatic hydroxyl groups is 1. The molecule has 3 nitrogen and oxygen atoms in total. The van der Waals surface area contributed by atoms with Gasteiger partial charge in [-0.2, -0.15) is 0 Å². The van der Waals surface area contributed by atoms with Crippen LogP contribution in [0.2, 0.25) is 0 Å². The molecule has 1 N–H and O–H groups in total. The molecule has 0 aromatic heterocycles. The van der Waals surface area contributed by atoms with Crippen molar-refractivity contribution in [1.29, 1.82) is 0 Å². The van der Waals surface area contributed by atoms with Crippen molar-refractivity contribution in [3.8, 4) is 11.5 Å². The highest BCUT2D eigenvalue weighted by Crippen LogP contribution is 2.49. The maximum absolute atomic E-state index is 10.4. The maximum atomic E-state index is 10.4. The molecule has 0 aliphatic rings. The average molecular weight is 437 g/mol. The molecule has 0 spiro atoms. The average Bonchev–Trinajstić information content (AvgIpc) is 2.79. The predicted octanol–water partition coefficient (Wildman–Crippen LogP) is 6.27. The molecule has 164 valence electrons. The van der Waals surface area contributed by atoms with Gasteiger partial charge in [-0.25, -0.2) is 0 Å². The lowest BCUT2D eigenvalue weighted by molar-refractivity contribution is 0.200. The molecule has 0 radical (unpaired) electrons. The molecule has 3 unspecified atom stereocenters. The van der Waals surface area contributed by atoms with Gasteiger partial charge in [0.1, 0.15) is 18.1 Å². The van der Waals surface area contributed by atoms with Crippen LogP contribution in [0, 0.1) is 6.92 Å². The number of hydrogen-bond acceptors (Lipinski definition) is 3. The van der Waals surface area contributed by atoms with E-state index in [1.165, 1.54) is 5.30 Å². The normalized spacial score (nSPS) is 14.4. The lowest BCUT2D eigenvalue weighted by atomic mass is 9.96. The van der Waals surface area contributed by atoms with Gasteiger partial charge < -0.3 is 14.6 Å². The van der Waals surface area contributed by atoms with Crippen molar-refractivity contribution in [1.82, 2.24) is 0 Å². The summed E-state index contributed by atoms with van der Waals surface area (Å²) < 4.78 is 11.9. The highest BCUT2D eigenvalue weighted by molar-refractivity contribution is 7.48. The number of rotatable bonds is 9. The fourth-order valence-electron chi connectivity index (χ4n) is 3.71. The van der Waals surface area contributed by atoms with E-state index in [-0.39, 0.29) is 5.16 Å². The molecule has 3 aromatic rings. The Morgan fingerprint density at radius 1 is 1.03 bits per heavy atom. The second-order valence-electron chi connectivity index (χ2n) is 8.21. The van der Waals surface area contributed by atoms with Crippen molar-refractivity contribution < 1.29 is 14.6 Å². The van der Waals surface area contributed by atoms with Gasteiger partial charge in [0.15, 0.2) is 0 Å². The van der Waals surface area contributed by atoms with Crippen LogP contribution in [0.25, 0.3) is 0 Å². The van der Waals surface area contributed by atoms with Crippen LogP contribution in [0.3, 0.4) is 0 Å². The molecule has 0 saturated heterocycles. The van der Waals surface area contributed by atoms with Gasteiger partial charge in [0.2, 0.25) is 0 Å². The van der Waals surface area contributed by atoms with Crippen LogP contribution in [0.15, 0.2) is 66.7 Å². The minimum Gasteiger partial charge on any atom is -0.497 e. The molecule has 31 heavy (non-hydrogen) atoms. The lowest BCUT2D eigenvalue weighted by Gasteiger charge is -2.32. The molecule has 0 fully saturated rings. The number of aliphatic hydroxyl groups excluding tert-OH is 1. The minimum atomic E-state index is -0.498. The number of benzene rings is 3. The van der Waals surface area contributed by atoms with Crippen molar-refractivity contribution in [3.05, 3.63) is 89.0 Å². The van der Waals surface area contributed by atoms with Gasteiger partial charge in [-0.15, -0.1) is 0 Å². The SMILES string of the molecule is CCC(C)(Pc1ccc(C)cc1C(C)O)c1cc(OC)ccc1OCc1ccccc1. The molecule has 0 heterocycles. The molecule has 0 saturated carbocycles. The van der Waals surface area contributed by atoms with Gasteiger partial charge in [-0.05, 0) is 54.9 Å². The molecule has 0 aliphatic carbocycles. The van der Waals surface area contributed by atoms with Crippen molar-refractivity contribution in [2.24, 2.45) is 0 Å². The molecule has 3 aromatic carbocycles. The summed E-state index contributed by atoms with van der Waals surface area (Å²) in [5.74, 6) is 1.71. The summed E-state index contributed by atoms with van der Waals surface area (Å²) in [6.07, 6.45) is 0.440. The number of methoxy groups -OCH3 is 1. The van der Waals surface area contributed by atoms with Crippen LogP contribution in [0.4, 0.5) is 0 Å². The molecule has 3 rings (SSSR count). The number of ether oxygens (including phenoxy) is 2. The van der Waals surface area contributed by atoms with Gasteiger partial charge in [-0.1, -0.05) is 76.5 Å². The maximum Gasteiger partial charge on any atom is 0.124 e. The van der Waals surface area contributed by atoms with Crippen LogP contribution in [0.5, 0.6) is 11.5 Å². The van der Waals surface area contributed by atoms with E-state index >= 15 is 0 Å². The van der Waals surface area contributed by atoms with Crippen LogP contribution in [0.1, 0.15) is 55.5 Å². The Balaban J connectivity index is 1.99. The highest BCUT2D eigenvalue weighted by Gasteiger charge is 2.30. The Kier molecular flexibility index (Phi) is 7.75. The van der Waals surface area contributed by atoms with Crippen molar-refractivity contribution in [2.75, 3.05) is 7.11 Å². The third-order valence-corrected chi connectivity index (χ3v) is 7.69. The number of hydrogen-bond donors (Lipinski definition) is 1. The summed E-state index contributed by atoms with van der Waals surface area (Å²) in [7, 11) is 2.18. The molecule has 0 bridgehead atoms. The van der Waals surface area contributed by atoms with Gasteiger partial charge >= 0.3 is 0 Å². The van der Waals surface area contributed by atoms with E-state index in [2.05, 4.69) is 57.2 Å². The first kappa shape index (κ1) is 23.3. The van der Waals surface area contributed by atoms with Crippen LogP contribution in [-0.4, -0.2) is 12.2 Å². The summed E-state index contributed by atoms with van der Waals surface area (Å²) in [6, 6.07) is 22.7. The Morgan fingerprint density at radius 3 is 2.42 bits per heavy atom. The predicted molar refractivity (Wildman–Crippen MR) is 131 cm³/mol. The van der Waals surface area contributed by atoms with Crippen molar-refractivity contribution in [2.45, 2.75) is 52.0 Å². The third kappa shape index (κ3) is 5.67. The van der Waals surface area contributed by atoms with Crippen molar-refractivity contribution in [3.63, 3.8) is 0 Å². The molecule has 4 heteroatoms. The Bertz CT molecular complexity index is 1000. The van der Waals surface area contributed by atoms with Crippen LogP contribution < -0.4 is 14.8 Å². The monoisotopic (exact) mass is 436 g/mol. The lowest BCUT2D eigenvalue weighted by Crippen LogP contribution is -2.22. The van der Waals surface area contributed by atoms with Gasteiger partial charge in [0, 0.05) is 10.7 Å². The molecular weight excluding hydrogens is 403 g/mol. The summed E-state index contributed by atoms with van der Waals surface area (Å²) in [5.41, 5.74) is 4.45. The van der Waals surface area contributed by atoms with E-state index in [1.807, 2.05) is 37.3 Å². The molecule has 3 atom stereocenters. The zero-order valence-corrected chi connectivity index (χ0v) is 20.1. The van der Waals surface area contributed by atoms with Crippen LogP contribution >= 0.6 is 8.58 Å². The van der Waals surface area contributed by atoms with Gasteiger partial charge in [0.25, 0.3) is 0 Å². The van der Waals surface area contributed by atoms with E-state index in [0.29, 0.717) is 15.2 Å². The van der Waals surface area contributed by atoms with Crippen LogP contribution in [-0.2, 0) is 11.8 Å². The van der Waals surface area contributed by atoms with Gasteiger partial charge in [-0.3, -0.25) is 0 Å². The highest BCUT2D eigenvalue weighted by atomic mass is 31.1. The molecular formula is C27H33O3P. The standard InChI is InChI=1S/C27H33O3P/c1-6-27(4,31-26-15-12-19(2)16-23(26)20(3)28)24-17-22(29-5)13-14-25(24)30-18-21-10-8-7-9-11-21/h7-17,20,28,31H,6,18H2,1-5H3. The van der Waals surface area contributed by atoms with E-state index in [4.69, 9.17) is 9.47 Å². The zero-order chi connectivity index (χ0) is 22.4. The fraction of sp³-hybridized carbons (Fsp3) is 0.333. The second kappa shape index (κ2) is 10.3. The summed E-state index contributed by atoms with van der Waals surface area (Å²) in [6.45, 7) is 8.92. The van der Waals surface area contributed by atoms with E-state index in [1.54, 1.807) is 7.11 Å². The second-order valence-corrected chi connectivity index (χ2v) is 10.1. The zero-order valence-electron chi connectivity index (χ0n) is 19.1. The topological polar surface area (TPSA) is 38.7 Å². The first-order valence-corrected chi connectivity index (χ1v) is 11.8. The first-order chi connectivity index (χ1) is 14.9. The smallest absolute Gasteiger partial charge is 0.124 e.